The Balaban J connectivity index is 2.86. The summed E-state index contributed by atoms with van der Waals surface area (Å²) in [7, 11) is 0. The molecule has 17 heavy (non-hydrogen) atoms. The minimum atomic E-state index is -1.32. The van der Waals surface area contributed by atoms with Crippen molar-refractivity contribution < 1.29 is 9.90 Å². The quantitative estimate of drug-likeness (QED) is 0.712. The molecular weight excluding hydrogens is 250 g/mol. The molecule has 1 aromatic carbocycles. The Morgan fingerprint density at radius 1 is 1.24 bits per heavy atom. The van der Waals surface area contributed by atoms with Crippen LogP contribution in [0.15, 0.2) is 27.8 Å². The second kappa shape index (κ2) is 3.95. The number of benzene rings is 1. The first-order valence-electron chi connectivity index (χ1n) is 4.44. The Morgan fingerprint density at radius 3 is 2.35 bits per heavy atom. The summed E-state index contributed by atoms with van der Waals surface area (Å²) < 4.78 is 0.662. The molecular formula is C9H6ClN3O4. The maximum atomic E-state index is 11.4. The molecule has 0 unspecified atom stereocenters. The van der Waals surface area contributed by atoms with Crippen LogP contribution in [-0.4, -0.2) is 25.8 Å². The summed E-state index contributed by atoms with van der Waals surface area (Å²) in [6.07, 6.45) is 0. The fraction of sp³-hybridized carbons (Fsp3) is 0. The first-order valence-corrected chi connectivity index (χ1v) is 4.82. The zero-order valence-corrected chi connectivity index (χ0v) is 8.99. The van der Waals surface area contributed by atoms with E-state index >= 15 is 0 Å². The van der Waals surface area contributed by atoms with E-state index in [2.05, 4.69) is 10.2 Å². The number of carboxylic acids is 1. The van der Waals surface area contributed by atoms with E-state index in [-0.39, 0.29) is 16.3 Å². The van der Waals surface area contributed by atoms with Crippen LogP contribution >= 0.6 is 11.6 Å². The highest BCUT2D eigenvalue weighted by atomic mass is 35.5. The Morgan fingerprint density at radius 2 is 1.82 bits per heavy atom. The van der Waals surface area contributed by atoms with Gasteiger partial charge in [-0.25, -0.2) is 29.1 Å². The van der Waals surface area contributed by atoms with Crippen molar-refractivity contribution in [3.63, 3.8) is 0 Å². The third kappa shape index (κ3) is 1.76. The van der Waals surface area contributed by atoms with Gasteiger partial charge in [0, 0.05) is 0 Å². The van der Waals surface area contributed by atoms with Gasteiger partial charge >= 0.3 is 17.3 Å². The summed E-state index contributed by atoms with van der Waals surface area (Å²) in [6.45, 7) is 0. The van der Waals surface area contributed by atoms with Gasteiger partial charge in [-0.05, 0) is 12.1 Å². The Labute approximate surface area is 98.3 Å². The van der Waals surface area contributed by atoms with Gasteiger partial charge in [0.2, 0.25) is 0 Å². The predicted octanol–water partition coefficient (Wildman–Crippen LogP) is 0.205. The molecule has 2 aromatic rings. The van der Waals surface area contributed by atoms with Crippen LogP contribution < -0.4 is 11.4 Å². The normalized spacial score (nSPS) is 10.4. The second-order valence-electron chi connectivity index (χ2n) is 3.13. The predicted molar refractivity (Wildman–Crippen MR) is 59.0 cm³/mol. The minimum absolute atomic E-state index is 0.0532. The number of nitrogens with one attached hydrogen (secondary N) is 2. The highest BCUT2D eigenvalue weighted by Gasteiger charge is 2.18. The minimum Gasteiger partial charge on any atom is -0.478 e. The molecule has 0 fully saturated rings. The van der Waals surface area contributed by atoms with Crippen molar-refractivity contribution in [3.05, 3.63) is 49.8 Å². The van der Waals surface area contributed by atoms with E-state index in [0.29, 0.717) is 4.57 Å². The molecule has 3 N–H and O–H groups in total. The fourth-order valence-electron chi connectivity index (χ4n) is 1.44. The highest BCUT2D eigenvalue weighted by Crippen LogP contribution is 2.21. The van der Waals surface area contributed by atoms with Crippen LogP contribution in [0.2, 0.25) is 5.02 Å². The van der Waals surface area contributed by atoms with E-state index in [4.69, 9.17) is 16.7 Å². The zero-order chi connectivity index (χ0) is 12.6. The second-order valence-corrected chi connectivity index (χ2v) is 3.54. The summed E-state index contributed by atoms with van der Waals surface area (Å²) in [5.74, 6) is -1.32. The molecule has 1 heterocycles. The number of halogens is 1. The molecule has 0 saturated carbocycles. The maximum Gasteiger partial charge on any atom is 0.349 e. The number of carbonyl (C=O) groups is 1. The van der Waals surface area contributed by atoms with Crippen LogP contribution in [0.3, 0.4) is 0 Å². The summed E-state index contributed by atoms with van der Waals surface area (Å²) >= 11 is 5.73. The van der Waals surface area contributed by atoms with E-state index in [1.54, 1.807) is 0 Å². The van der Waals surface area contributed by atoms with E-state index in [1.165, 1.54) is 18.2 Å². The van der Waals surface area contributed by atoms with Gasteiger partial charge in [-0.15, -0.1) is 0 Å². The lowest BCUT2D eigenvalue weighted by Gasteiger charge is -2.05. The van der Waals surface area contributed by atoms with Crippen molar-refractivity contribution >= 4 is 17.6 Å². The molecule has 0 atom stereocenters. The number of rotatable bonds is 2. The average molecular weight is 256 g/mol. The number of nitrogens with zero attached hydrogens (tertiary/aromatic N) is 1. The van der Waals surface area contributed by atoms with Gasteiger partial charge in [-0.3, -0.25) is 0 Å². The van der Waals surface area contributed by atoms with Crippen molar-refractivity contribution in [1.82, 2.24) is 14.8 Å². The Bertz CT molecular complexity index is 669. The third-order valence-corrected chi connectivity index (χ3v) is 2.44. The van der Waals surface area contributed by atoms with Gasteiger partial charge in [0.25, 0.3) is 0 Å². The van der Waals surface area contributed by atoms with E-state index < -0.39 is 17.3 Å². The molecule has 0 saturated heterocycles. The molecule has 2 rings (SSSR count). The molecule has 8 heteroatoms. The van der Waals surface area contributed by atoms with Gasteiger partial charge in [0.1, 0.15) is 5.56 Å². The monoisotopic (exact) mass is 255 g/mol. The number of aromatic nitrogens is 3. The number of hydrogen-bond acceptors (Lipinski definition) is 3. The number of H-pyrrole nitrogens is 2. The van der Waals surface area contributed by atoms with Crippen LogP contribution in [0, 0.1) is 0 Å². The molecule has 0 spiro atoms. The smallest absolute Gasteiger partial charge is 0.349 e. The van der Waals surface area contributed by atoms with Gasteiger partial charge in [0.05, 0.1) is 10.7 Å². The Hall–Kier alpha value is -2.28. The van der Waals surface area contributed by atoms with Gasteiger partial charge in [0.15, 0.2) is 0 Å². The average Bonchev–Trinajstić information content (AvgIpc) is 2.57. The molecule has 88 valence electrons. The van der Waals surface area contributed by atoms with Crippen LogP contribution in [0.5, 0.6) is 0 Å². The van der Waals surface area contributed by atoms with Crippen molar-refractivity contribution in [1.29, 1.82) is 0 Å². The first-order chi connectivity index (χ1) is 8.02. The summed E-state index contributed by atoms with van der Waals surface area (Å²) in [4.78, 5) is 33.8. The number of aromatic carboxylic acids is 1. The lowest BCUT2D eigenvalue weighted by molar-refractivity contribution is 0.0697. The largest absolute Gasteiger partial charge is 0.478 e. The van der Waals surface area contributed by atoms with Gasteiger partial charge in [-0.1, -0.05) is 17.7 Å². The zero-order valence-electron chi connectivity index (χ0n) is 8.23. The maximum absolute atomic E-state index is 11.4. The molecule has 0 amide bonds. The lowest BCUT2D eigenvalue weighted by atomic mass is 10.2. The Kier molecular flexibility index (Phi) is 2.60. The van der Waals surface area contributed by atoms with E-state index in [0.717, 1.165) is 0 Å². The molecule has 0 radical (unpaired) electrons. The van der Waals surface area contributed by atoms with E-state index in [9.17, 15) is 14.4 Å². The molecule has 1 aromatic heterocycles. The molecule has 0 bridgehead atoms. The summed E-state index contributed by atoms with van der Waals surface area (Å²) in [5.41, 5.74) is -1.92. The van der Waals surface area contributed by atoms with Crippen molar-refractivity contribution in [2.75, 3.05) is 0 Å². The summed E-state index contributed by atoms with van der Waals surface area (Å²) in [6, 6.07) is 4.13. The van der Waals surface area contributed by atoms with Crippen LogP contribution in [0.1, 0.15) is 10.4 Å². The van der Waals surface area contributed by atoms with Crippen molar-refractivity contribution in [3.8, 4) is 5.69 Å². The van der Waals surface area contributed by atoms with E-state index in [1.807, 2.05) is 0 Å². The molecule has 7 nitrogen and oxygen atoms in total. The van der Waals surface area contributed by atoms with Crippen LogP contribution in [-0.2, 0) is 0 Å². The van der Waals surface area contributed by atoms with Crippen molar-refractivity contribution in [2.24, 2.45) is 0 Å². The summed E-state index contributed by atoms with van der Waals surface area (Å²) in [5, 5.41) is 13.1. The van der Waals surface area contributed by atoms with Crippen molar-refractivity contribution in [2.45, 2.75) is 0 Å². The highest BCUT2D eigenvalue weighted by molar-refractivity contribution is 6.34. The topological polar surface area (TPSA) is 108 Å². The molecule has 0 aliphatic carbocycles. The van der Waals surface area contributed by atoms with Gasteiger partial charge in [-0.2, -0.15) is 0 Å². The third-order valence-electron chi connectivity index (χ3n) is 2.13. The molecule has 0 aliphatic rings. The van der Waals surface area contributed by atoms with Gasteiger partial charge < -0.3 is 5.11 Å². The first kappa shape index (κ1) is 11.2. The lowest BCUT2D eigenvalue weighted by Crippen LogP contribution is -2.26. The SMILES string of the molecule is O=C(O)c1c(Cl)cccc1-n1c(=O)[nH][nH]c1=O. The van der Waals surface area contributed by atoms with Crippen LogP contribution in [0.25, 0.3) is 5.69 Å². The van der Waals surface area contributed by atoms with Crippen LogP contribution in [0.4, 0.5) is 0 Å². The number of aromatic amines is 2. The number of hydrogen-bond donors (Lipinski definition) is 3. The fourth-order valence-corrected chi connectivity index (χ4v) is 1.69. The standard InChI is InChI=1S/C9H6ClN3O4/c10-4-2-1-3-5(6(4)7(14)15)13-8(16)11-12-9(13)17/h1-3H,(H,11,16)(H,12,17)(H,14,15). The molecule has 0 aliphatic heterocycles. The number of carboxylic acid groups (broad SMARTS) is 1.